The lowest BCUT2D eigenvalue weighted by Crippen LogP contribution is -2.47. The van der Waals surface area contributed by atoms with E-state index in [1.807, 2.05) is 36.5 Å². The van der Waals surface area contributed by atoms with Gasteiger partial charge in [-0.3, -0.25) is 4.90 Å². The van der Waals surface area contributed by atoms with Crippen LogP contribution in [0, 0.1) is 6.92 Å². The van der Waals surface area contributed by atoms with Crippen molar-refractivity contribution in [1.29, 1.82) is 0 Å². The fourth-order valence-corrected chi connectivity index (χ4v) is 7.32. The molecule has 4 atom stereocenters. The summed E-state index contributed by atoms with van der Waals surface area (Å²) in [6.07, 6.45) is 4.29. The van der Waals surface area contributed by atoms with Crippen LogP contribution in [0.3, 0.4) is 0 Å². The van der Waals surface area contributed by atoms with Gasteiger partial charge in [-0.05, 0) is 74.9 Å². The van der Waals surface area contributed by atoms with E-state index in [4.69, 9.17) is 9.47 Å². The molecular weight excluding hydrogens is 444 g/mol. The highest BCUT2D eigenvalue weighted by Gasteiger charge is 2.42. The molecule has 2 aromatic heterocycles. The molecule has 5 nitrogen and oxygen atoms in total. The highest BCUT2D eigenvalue weighted by atomic mass is 32.1. The molecule has 2 aliphatic heterocycles. The molecule has 0 spiro atoms. The second-order valence-electron chi connectivity index (χ2n) is 9.91. The smallest absolute Gasteiger partial charge is 0.128 e. The van der Waals surface area contributed by atoms with Crippen LogP contribution in [0.5, 0.6) is 11.5 Å². The van der Waals surface area contributed by atoms with Crippen LogP contribution in [0.15, 0.2) is 48.5 Å². The van der Waals surface area contributed by atoms with Crippen LogP contribution in [0.2, 0.25) is 0 Å². The number of nitrogens with zero attached hydrogens (tertiary/aromatic N) is 1. The molecule has 4 aromatic rings. The summed E-state index contributed by atoms with van der Waals surface area (Å²) in [4.78, 5) is 7.38. The quantitative estimate of drug-likeness (QED) is 0.351. The monoisotopic (exact) mass is 476 g/mol. The van der Waals surface area contributed by atoms with Crippen molar-refractivity contribution in [2.75, 3.05) is 20.3 Å². The number of fused-ring (bicyclic) bond motifs is 4. The van der Waals surface area contributed by atoms with Gasteiger partial charge in [-0.2, -0.15) is 0 Å². The molecule has 0 radical (unpaired) electrons. The fraction of sp³-hybridized carbons (Fsp3) is 0.429. The van der Waals surface area contributed by atoms with Gasteiger partial charge in [0.2, 0.25) is 0 Å². The maximum Gasteiger partial charge on any atom is 0.128 e. The number of rotatable bonds is 7. The van der Waals surface area contributed by atoms with Gasteiger partial charge in [0, 0.05) is 50.2 Å². The number of hydrogen-bond acceptors (Lipinski definition) is 5. The van der Waals surface area contributed by atoms with Crippen molar-refractivity contribution in [3.05, 3.63) is 59.1 Å². The van der Waals surface area contributed by atoms with Crippen molar-refractivity contribution in [3.8, 4) is 11.5 Å². The average Bonchev–Trinajstić information content (AvgIpc) is 3.50. The van der Waals surface area contributed by atoms with E-state index in [9.17, 15) is 5.11 Å². The highest BCUT2D eigenvalue weighted by molar-refractivity contribution is 7.19. The number of aromatic nitrogens is 1. The Morgan fingerprint density at radius 2 is 1.82 bits per heavy atom. The number of thiophene rings is 1. The average molecular weight is 477 g/mol. The molecule has 4 heterocycles. The summed E-state index contributed by atoms with van der Waals surface area (Å²) in [6, 6.07) is 17.9. The number of aryl methyl sites for hydroxylation is 1. The van der Waals surface area contributed by atoms with Crippen molar-refractivity contribution < 1.29 is 14.6 Å². The first-order valence-electron chi connectivity index (χ1n) is 12.3. The second-order valence-corrected chi connectivity index (χ2v) is 11.0. The number of aliphatic hydroxyl groups is 1. The van der Waals surface area contributed by atoms with Gasteiger partial charge in [0.15, 0.2) is 0 Å². The number of methoxy groups -OCH3 is 1. The Balaban J connectivity index is 1.10. The highest BCUT2D eigenvalue weighted by Crippen LogP contribution is 2.46. The largest absolute Gasteiger partial charge is 0.496 e. The number of hydrogen-bond donors (Lipinski definition) is 2. The molecule has 2 bridgehead atoms. The predicted octanol–water partition coefficient (Wildman–Crippen LogP) is 5.85. The second kappa shape index (κ2) is 8.91. The molecule has 2 aliphatic rings. The normalized spacial score (nSPS) is 23.6. The maximum atomic E-state index is 10.9. The molecule has 178 valence electrons. The lowest BCUT2D eigenvalue weighted by atomic mass is 9.89. The van der Waals surface area contributed by atoms with Crippen LogP contribution in [0.4, 0.5) is 0 Å². The maximum absolute atomic E-state index is 10.9. The zero-order chi connectivity index (χ0) is 23.2. The summed E-state index contributed by atoms with van der Waals surface area (Å²) in [7, 11) is 1.75. The Kier molecular flexibility index (Phi) is 5.76. The van der Waals surface area contributed by atoms with E-state index in [2.05, 4.69) is 40.2 Å². The van der Waals surface area contributed by atoms with Crippen molar-refractivity contribution in [3.63, 3.8) is 0 Å². The molecule has 6 heteroatoms. The summed E-state index contributed by atoms with van der Waals surface area (Å²) in [6.45, 7) is 3.05. The first-order valence-corrected chi connectivity index (χ1v) is 13.1. The molecule has 1 unspecified atom stereocenters. The molecule has 2 saturated heterocycles. The number of H-pyrrole nitrogens is 1. The van der Waals surface area contributed by atoms with E-state index in [1.54, 1.807) is 7.11 Å². The number of piperidine rings is 1. The van der Waals surface area contributed by atoms with Gasteiger partial charge in [-0.1, -0.05) is 12.1 Å². The molecule has 0 amide bonds. The number of aromatic amines is 1. The van der Waals surface area contributed by atoms with Crippen LogP contribution in [0.1, 0.15) is 42.2 Å². The molecule has 2 N–H and O–H groups in total. The summed E-state index contributed by atoms with van der Waals surface area (Å²) in [5.74, 6) is 2.40. The van der Waals surface area contributed by atoms with Crippen molar-refractivity contribution in [2.45, 2.75) is 56.7 Å². The van der Waals surface area contributed by atoms with E-state index in [-0.39, 0.29) is 0 Å². The van der Waals surface area contributed by atoms with Crippen molar-refractivity contribution in [1.82, 2.24) is 9.88 Å². The van der Waals surface area contributed by atoms with Gasteiger partial charge < -0.3 is 19.6 Å². The molecule has 2 fully saturated rings. The van der Waals surface area contributed by atoms with Gasteiger partial charge >= 0.3 is 0 Å². The van der Waals surface area contributed by atoms with Gasteiger partial charge in [0.05, 0.1) is 7.11 Å². The van der Waals surface area contributed by atoms with Gasteiger partial charge in [0.25, 0.3) is 0 Å². The standard InChI is InChI=1S/C28H32N2O3S/c1-17-11-22-24(29-17)5-3-7-26(22)33-16-21(31)15-30-19-9-10-20(30)13-18(12-19)28-14-23-25(32-2)6-4-8-27(23)34-28/h3-8,11,14,18-21,29,31H,9-10,12-13,15-16H2,1-2H3/t18?,19-,20+,21-/m0/s1. The first kappa shape index (κ1) is 22.0. The molecule has 34 heavy (non-hydrogen) atoms. The van der Waals surface area contributed by atoms with E-state index in [1.165, 1.54) is 40.6 Å². The minimum absolute atomic E-state index is 0.318. The number of aliphatic hydroxyl groups excluding tert-OH is 1. The third-order valence-electron chi connectivity index (χ3n) is 7.66. The lowest BCUT2D eigenvalue weighted by Gasteiger charge is -2.39. The lowest BCUT2D eigenvalue weighted by molar-refractivity contribution is 0.0323. The number of nitrogens with one attached hydrogen (secondary N) is 1. The third-order valence-corrected chi connectivity index (χ3v) is 8.92. The van der Waals surface area contributed by atoms with Gasteiger partial charge in [-0.15, -0.1) is 11.3 Å². The van der Waals surface area contributed by atoms with E-state index in [0.29, 0.717) is 31.2 Å². The minimum atomic E-state index is -0.497. The Morgan fingerprint density at radius 3 is 2.62 bits per heavy atom. The van der Waals surface area contributed by atoms with Crippen LogP contribution in [-0.2, 0) is 0 Å². The van der Waals surface area contributed by atoms with Gasteiger partial charge in [0.1, 0.15) is 24.2 Å². The Hall–Kier alpha value is -2.54. The molecule has 2 aromatic carbocycles. The van der Waals surface area contributed by atoms with Crippen LogP contribution in [-0.4, -0.2) is 53.4 Å². The van der Waals surface area contributed by atoms with Crippen molar-refractivity contribution in [2.24, 2.45) is 0 Å². The molecule has 0 saturated carbocycles. The summed E-state index contributed by atoms with van der Waals surface area (Å²) >= 11 is 1.92. The topological polar surface area (TPSA) is 57.7 Å². The first-order chi connectivity index (χ1) is 16.6. The molecule has 0 aliphatic carbocycles. The van der Waals surface area contributed by atoms with E-state index < -0.39 is 6.10 Å². The summed E-state index contributed by atoms with van der Waals surface area (Å²) in [5.41, 5.74) is 2.19. The van der Waals surface area contributed by atoms with Crippen LogP contribution in [0.25, 0.3) is 21.0 Å². The SMILES string of the molecule is COc1cccc2sc(C3C[C@H]4CC[C@@H](C3)N4C[C@H](O)COc3cccc4[nH]c(C)cc34)cc12. The molecule has 6 rings (SSSR count). The summed E-state index contributed by atoms with van der Waals surface area (Å²) in [5, 5.41) is 13.2. The Morgan fingerprint density at radius 1 is 1.06 bits per heavy atom. The zero-order valence-corrected chi connectivity index (χ0v) is 20.6. The minimum Gasteiger partial charge on any atom is -0.496 e. The molecular formula is C28H32N2O3S. The number of ether oxygens (including phenoxy) is 2. The summed E-state index contributed by atoms with van der Waals surface area (Å²) < 4.78 is 13.0. The predicted molar refractivity (Wildman–Crippen MR) is 138 cm³/mol. The van der Waals surface area contributed by atoms with Crippen LogP contribution < -0.4 is 9.47 Å². The third kappa shape index (κ3) is 3.98. The van der Waals surface area contributed by atoms with E-state index >= 15 is 0 Å². The van der Waals surface area contributed by atoms with E-state index in [0.717, 1.165) is 28.1 Å². The number of benzene rings is 2. The Bertz CT molecular complexity index is 1300. The zero-order valence-electron chi connectivity index (χ0n) is 19.8. The fourth-order valence-electron chi connectivity index (χ4n) is 6.11. The van der Waals surface area contributed by atoms with Crippen LogP contribution >= 0.6 is 11.3 Å². The Labute approximate surface area is 204 Å². The van der Waals surface area contributed by atoms with Crippen molar-refractivity contribution >= 4 is 32.3 Å². The van der Waals surface area contributed by atoms with Gasteiger partial charge in [-0.25, -0.2) is 0 Å².